The van der Waals surface area contributed by atoms with E-state index >= 15 is 0 Å². The predicted octanol–water partition coefficient (Wildman–Crippen LogP) is 1.66. The van der Waals surface area contributed by atoms with Crippen molar-refractivity contribution in [3.05, 3.63) is 81.9 Å². The van der Waals surface area contributed by atoms with Crippen molar-refractivity contribution in [2.75, 3.05) is 5.32 Å². The monoisotopic (exact) mass is 460 g/mol. The molecule has 0 radical (unpaired) electrons. The topological polar surface area (TPSA) is 165 Å². The van der Waals surface area contributed by atoms with Gasteiger partial charge in [-0.1, -0.05) is 12.1 Å². The van der Waals surface area contributed by atoms with E-state index in [9.17, 15) is 20.0 Å². The first kappa shape index (κ1) is 22.4. The smallest absolute Gasteiger partial charge is 0.296 e. The van der Waals surface area contributed by atoms with Crippen LogP contribution in [0.4, 0.5) is 5.69 Å². The van der Waals surface area contributed by atoms with Gasteiger partial charge in [-0.15, -0.1) is 0 Å². The molecule has 0 aromatic carbocycles. The molecule has 4 aromatic heterocycles. The van der Waals surface area contributed by atoms with E-state index in [2.05, 4.69) is 36.1 Å². The summed E-state index contributed by atoms with van der Waals surface area (Å²) >= 11 is 0. The Morgan fingerprint density at radius 1 is 1.29 bits per heavy atom. The van der Waals surface area contributed by atoms with Crippen LogP contribution < -0.4 is 10.9 Å². The van der Waals surface area contributed by atoms with Crippen LogP contribution in [-0.2, 0) is 14.1 Å². The highest BCUT2D eigenvalue weighted by Gasteiger charge is 2.31. The molecule has 2 atom stereocenters. The van der Waals surface area contributed by atoms with Gasteiger partial charge < -0.3 is 14.9 Å². The highest BCUT2D eigenvalue weighted by atomic mass is 16.5. The van der Waals surface area contributed by atoms with Crippen molar-refractivity contribution >= 4 is 11.6 Å². The van der Waals surface area contributed by atoms with Gasteiger partial charge in [0.15, 0.2) is 5.69 Å². The average Bonchev–Trinajstić information content (AvgIpc) is 3.50. The summed E-state index contributed by atoms with van der Waals surface area (Å²) in [5.41, 5.74) is 0.813. The Hall–Kier alpha value is -4.79. The number of nitriles is 1. The molecule has 4 heterocycles. The first-order valence-corrected chi connectivity index (χ1v) is 10.1. The largest absolute Gasteiger partial charge is 0.501 e. The molecule has 1 amide bonds. The Kier molecular flexibility index (Phi) is 5.92. The number of nitrogens with zero attached hydrogens (tertiary/aromatic N) is 7. The van der Waals surface area contributed by atoms with Crippen LogP contribution >= 0.6 is 0 Å². The lowest BCUT2D eigenvalue weighted by Crippen LogP contribution is -2.29. The van der Waals surface area contributed by atoms with E-state index in [0.717, 1.165) is 5.56 Å². The number of nitrogens with one attached hydrogen (secondary N) is 1. The Balaban J connectivity index is 1.85. The summed E-state index contributed by atoms with van der Waals surface area (Å²) in [6.45, 7) is 1.82. The Morgan fingerprint density at radius 3 is 2.74 bits per heavy atom. The summed E-state index contributed by atoms with van der Waals surface area (Å²) in [6, 6.07) is 3.88. The van der Waals surface area contributed by atoms with Gasteiger partial charge in [-0.2, -0.15) is 10.4 Å². The number of rotatable bonds is 6. The molecule has 34 heavy (non-hydrogen) atoms. The van der Waals surface area contributed by atoms with Gasteiger partial charge in [0, 0.05) is 44.5 Å². The molecule has 4 rings (SSSR count). The summed E-state index contributed by atoms with van der Waals surface area (Å²) in [6.07, 6.45) is 8.98. The lowest BCUT2D eigenvalue weighted by molar-refractivity contribution is 0.101. The molecule has 12 nitrogen and oxygen atoms in total. The maximum atomic E-state index is 12.8. The van der Waals surface area contributed by atoms with Gasteiger partial charge in [-0.05, 0) is 17.2 Å². The van der Waals surface area contributed by atoms with Crippen LogP contribution in [0.1, 0.15) is 51.8 Å². The van der Waals surface area contributed by atoms with Gasteiger partial charge >= 0.3 is 0 Å². The SMILES string of the molecule is C[C@H](c1nc(C(=O)Nc2cnoc2)c(O)c(=O)n1C)[C@H](c1cnn(C)c1)c1ccncc1C#N. The second-order valence-corrected chi connectivity index (χ2v) is 7.69. The fourth-order valence-electron chi connectivity index (χ4n) is 3.89. The third-order valence-corrected chi connectivity index (χ3v) is 5.51. The first-order chi connectivity index (χ1) is 16.3. The summed E-state index contributed by atoms with van der Waals surface area (Å²) < 4.78 is 7.50. The molecule has 4 aromatic rings. The third-order valence-electron chi connectivity index (χ3n) is 5.51. The van der Waals surface area contributed by atoms with Crippen molar-refractivity contribution in [2.45, 2.75) is 18.8 Å². The zero-order valence-corrected chi connectivity index (χ0v) is 18.5. The predicted molar refractivity (Wildman–Crippen MR) is 118 cm³/mol. The summed E-state index contributed by atoms with van der Waals surface area (Å²) in [4.78, 5) is 34.0. The Bertz CT molecular complexity index is 1450. The highest BCUT2D eigenvalue weighted by Crippen LogP contribution is 2.38. The first-order valence-electron chi connectivity index (χ1n) is 10.1. The molecule has 12 heteroatoms. The number of aryl methyl sites for hydroxylation is 1. The maximum absolute atomic E-state index is 12.8. The van der Waals surface area contributed by atoms with Crippen LogP contribution in [0.25, 0.3) is 0 Å². The standard InChI is InChI=1S/C22H20N8O4/c1-12(17(14-8-25-29(2)10-14)16-4-5-24-7-13(16)6-23)20-28-18(19(31)22(33)30(20)3)21(32)27-15-9-26-34-11-15/h4-5,7-12,17,31H,1-3H3,(H,27,32)/t12-,17+/m0/s1. The lowest BCUT2D eigenvalue weighted by Gasteiger charge is -2.25. The number of aromatic nitrogens is 6. The van der Waals surface area contributed by atoms with E-state index in [4.69, 9.17) is 0 Å². The number of hydrogen-bond donors (Lipinski definition) is 2. The van der Waals surface area contributed by atoms with Crippen molar-refractivity contribution in [3.63, 3.8) is 0 Å². The average molecular weight is 460 g/mol. The molecular weight excluding hydrogens is 440 g/mol. The second-order valence-electron chi connectivity index (χ2n) is 7.69. The van der Waals surface area contributed by atoms with Crippen LogP contribution in [-0.4, -0.2) is 40.5 Å². The molecule has 0 fully saturated rings. The number of pyridine rings is 1. The number of carbonyl (C=O) groups excluding carboxylic acids is 1. The van der Waals surface area contributed by atoms with Crippen LogP contribution in [0.3, 0.4) is 0 Å². The summed E-state index contributed by atoms with van der Waals surface area (Å²) in [5, 5.41) is 30.3. The summed E-state index contributed by atoms with van der Waals surface area (Å²) in [7, 11) is 3.23. The molecule has 0 unspecified atom stereocenters. The lowest BCUT2D eigenvalue weighted by atomic mass is 9.81. The minimum atomic E-state index is -0.800. The highest BCUT2D eigenvalue weighted by molar-refractivity contribution is 6.04. The third kappa shape index (κ3) is 4.02. The fourth-order valence-corrected chi connectivity index (χ4v) is 3.89. The molecular formula is C22H20N8O4. The van der Waals surface area contributed by atoms with E-state index in [1.165, 1.54) is 30.3 Å². The molecule has 0 saturated heterocycles. The van der Waals surface area contributed by atoms with E-state index in [0.29, 0.717) is 11.1 Å². The number of carbonyl (C=O) groups is 1. The van der Waals surface area contributed by atoms with Crippen molar-refractivity contribution in [2.24, 2.45) is 14.1 Å². The van der Waals surface area contributed by atoms with Crippen molar-refractivity contribution in [1.29, 1.82) is 5.26 Å². The van der Waals surface area contributed by atoms with E-state index < -0.39 is 34.7 Å². The number of hydrogen-bond acceptors (Lipinski definition) is 9. The zero-order chi connectivity index (χ0) is 24.4. The van der Waals surface area contributed by atoms with Crippen molar-refractivity contribution < 1.29 is 14.4 Å². The second kappa shape index (κ2) is 8.99. The molecule has 0 saturated carbocycles. The number of amides is 1. The van der Waals surface area contributed by atoms with Gasteiger partial charge in [0.2, 0.25) is 5.75 Å². The van der Waals surface area contributed by atoms with E-state index in [1.54, 1.807) is 36.4 Å². The molecule has 0 aliphatic heterocycles. The van der Waals surface area contributed by atoms with Gasteiger partial charge in [0.05, 0.1) is 18.0 Å². The molecule has 2 N–H and O–H groups in total. The Morgan fingerprint density at radius 2 is 2.09 bits per heavy atom. The van der Waals surface area contributed by atoms with Gasteiger partial charge in [0.25, 0.3) is 11.5 Å². The molecule has 0 spiro atoms. The van der Waals surface area contributed by atoms with Gasteiger partial charge in [-0.3, -0.25) is 23.8 Å². The van der Waals surface area contributed by atoms with Crippen molar-refractivity contribution in [3.8, 4) is 11.8 Å². The van der Waals surface area contributed by atoms with Crippen LogP contribution in [0.15, 0.2) is 52.6 Å². The minimum Gasteiger partial charge on any atom is -0.501 e. The fraction of sp³-hybridized carbons (Fsp3) is 0.227. The normalized spacial score (nSPS) is 12.6. The van der Waals surface area contributed by atoms with Crippen LogP contribution in [0.2, 0.25) is 0 Å². The molecule has 0 aliphatic carbocycles. The van der Waals surface area contributed by atoms with Crippen LogP contribution in [0.5, 0.6) is 5.75 Å². The molecule has 0 aliphatic rings. The van der Waals surface area contributed by atoms with Gasteiger partial charge in [0.1, 0.15) is 23.8 Å². The number of anilines is 1. The van der Waals surface area contributed by atoms with Crippen molar-refractivity contribution in [1.82, 2.24) is 29.5 Å². The van der Waals surface area contributed by atoms with E-state index in [1.807, 2.05) is 6.92 Å². The number of aromatic hydroxyl groups is 1. The molecule has 172 valence electrons. The van der Waals surface area contributed by atoms with E-state index in [-0.39, 0.29) is 11.5 Å². The Labute approximate surface area is 193 Å². The molecule has 0 bridgehead atoms. The maximum Gasteiger partial charge on any atom is 0.296 e. The van der Waals surface area contributed by atoms with Gasteiger partial charge in [-0.25, -0.2) is 4.98 Å². The quantitative estimate of drug-likeness (QED) is 0.435. The van der Waals surface area contributed by atoms with Crippen LogP contribution in [0, 0.1) is 11.3 Å². The zero-order valence-electron chi connectivity index (χ0n) is 18.5. The minimum absolute atomic E-state index is 0.229. The summed E-state index contributed by atoms with van der Waals surface area (Å²) in [5.74, 6) is -2.33.